The molecule has 0 saturated carbocycles. The van der Waals surface area contributed by atoms with Crippen LogP contribution in [0.5, 0.6) is 0 Å². The van der Waals surface area contributed by atoms with Crippen molar-refractivity contribution in [1.82, 2.24) is 9.78 Å². The number of nitrogens with two attached hydrogens (primary N) is 1. The van der Waals surface area contributed by atoms with Crippen LogP contribution >= 0.6 is 0 Å². The van der Waals surface area contributed by atoms with Crippen molar-refractivity contribution in [2.24, 2.45) is 12.8 Å². The van der Waals surface area contributed by atoms with Gasteiger partial charge in [-0.05, 0) is 6.42 Å². The zero-order chi connectivity index (χ0) is 10.9. The topological polar surface area (TPSA) is 104 Å². The summed E-state index contributed by atoms with van der Waals surface area (Å²) in [7, 11) is 1.54. The van der Waals surface area contributed by atoms with Crippen LogP contribution in [-0.4, -0.2) is 20.6 Å². The van der Waals surface area contributed by atoms with Gasteiger partial charge in [-0.1, -0.05) is 6.92 Å². The number of carbonyl (C=O) groups excluding carboxylic acids is 1. The Bertz CT molecular complexity index is 396. The first-order valence-electron chi connectivity index (χ1n) is 3.99. The molecular weight excluding hydrogens is 188 g/mol. The summed E-state index contributed by atoms with van der Waals surface area (Å²) in [6.07, 6.45) is 0.424. The zero-order valence-corrected chi connectivity index (χ0v) is 7.85. The minimum atomic E-state index is -0.882. The van der Waals surface area contributed by atoms with E-state index in [0.717, 1.165) is 0 Å². The fraction of sp³-hybridized carbons (Fsp3) is 0.429. The van der Waals surface area contributed by atoms with E-state index >= 15 is 0 Å². The number of primary amides is 1. The third-order valence-corrected chi connectivity index (χ3v) is 1.89. The highest BCUT2D eigenvalue weighted by Crippen LogP contribution is 2.22. The van der Waals surface area contributed by atoms with E-state index in [4.69, 9.17) is 5.73 Å². The maximum atomic E-state index is 10.8. The summed E-state index contributed by atoms with van der Waals surface area (Å²) in [4.78, 5) is 20.9. The van der Waals surface area contributed by atoms with Crippen LogP contribution in [0.3, 0.4) is 0 Å². The van der Waals surface area contributed by atoms with Gasteiger partial charge in [0, 0.05) is 7.05 Å². The molecule has 0 atom stereocenters. The van der Waals surface area contributed by atoms with Crippen LogP contribution in [0, 0.1) is 10.1 Å². The van der Waals surface area contributed by atoms with Crippen LogP contribution in [0.15, 0.2) is 0 Å². The van der Waals surface area contributed by atoms with Crippen LogP contribution < -0.4 is 5.73 Å². The molecule has 76 valence electrons. The van der Waals surface area contributed by atoms with E-state index in [9.17, 15) is 14.9 Å². The van der Waals surface area contributed by atoms with Gasteiger partial charge in [0.1, 0.15) is 5.69 Å². The van der Waals surface area contributed by atoms with E-state index in [1.807, 2.05) is 0 Å². The normalized spacial score (nSPS) is 10.1. The summed E-state index contributed by atoms with van der Waals surface area (Å²) in [5.41, 5.74) is 4.79. The summed E-state index contributed by atoms with van der Waals surface area (Å²) in [5, 5.41) is 14.4. The summed E-state index contributed by atoms with van der Waals surface area (Å²) in [5.74, 6) is -0.882. The summed E-state index contributed by atoms with van der Waals surface area (Å²) < 4.78 is 1.30. The second-order valence-electron chi connectivity index (χ2n) is 2.74. The van der Waals surface area contributed by atoms with Crippen LogP contribution in [0.4, 0.5) is 5.69 Å². The molecule has 14 heavy (non-hydrogen) atoms. The molecule has 0 fully saturated rings. The lowest BCUT2D eigenvalue weighted by Crippen LogP contribution is -2.13. The molecule has 0 saturated heterocycles. The smallest absolute Gasteiger partial charge is 0.323 e. The maximum absolute atomic E-state index is 10.8. The number of aromatic nitrogens is 2. The van der Waals surface area contributed by atoms with Crippen LogP contribution in [0.25, 0.3) is 0 Å². The second kappa shape index (κ2) is 3.44. The molecule has 7 nitrogen and oxygen atoms in total. The molecule has 1 heterocycles. The minimum Gasteiger partial charge on any atom is -0.364 e. The number of rotatable bonds is 3. The first-order chi connectivity index (χ1) is 6.49. The van der Waals surface area contributed by atoms with Gasteiger partial charge in [0.15, 0.2) is 0 Å². The molecule has 0 aliphatic rings. The van der Waals surface area contributed by atoms with Crippen molar-refractivity contribution >= 4 is 11.6 Å². The highest BCUT2D eigenvalue weighted by Gasteiger charge is 2.28. The highest BCUT2D eigenvalue weighted by atomic mass is 16.6. The number of aryl methyl sites for hydroxylation is 1. The summed E-state index contributed by atoms with van der Waals surface area (Å²) >= 11 is 0. The quantitative estimate of drug-likeness (QED) is 0.544. The Morgan fingerprint density at radius 1 is 1.71 bits per heavy atom. The van der Waals surface area contributed by atoms with Crippen molar-refractivity contribution in [2.45, 2.75) is 13.3 Å². The molecule has 0 spiro atoms. The Hall–Kier alpha value is -1.92. The molecule has 0 unspecified atom stereocenters. The van der Waals surface area contributed by atoms with Gasteiger partial charge >= 0.3 is 5.69 Å². The lowest BCUT2D eigenvalue weighted by Gasteiger charge is -1.94. The van der Waals surface area contributed by atoms with E-state index in [-0.39, 0.29) is 11.4 Å². The van der Waals surface area contributed by atoms with Crippen molar-refractivity contribution in [1.29, 1.82) is 0 Å². The number of nitro groups is 1. The molecule has 1 aromatic rings. The average Bonchev–Trinajstić information content (AvgIpc) is 2.42. The molecule has 0 aliphatic heterocycles. The first kappa shape index (κ1) is 10.2. The zero-order valence-electron chi connectivity index (χ0n) is 7.85. The van der Waals surface area contributed by atoms with Crippen molar-refractivity contribution in [2.75, 3.05) is 0 Å². The molecule has 1 amide bonds. The third kappa shape index (κ3) is 1.43. The average molecular weight is 198 g/mol. The Morgan fingerprint density at radius 3 is 2.64 bits per heavy atom. The molecule has 1 aromatic heterocycles. The Labute approximate surface area is 79.7 Å². The van der Waals surface area contributed by atoms with Gasteiger partial charge in [0.2, 0.25) is 5.69 Å². The lowest BCUT2D eigenvalue weighted by atomic mass is 10.2. The number of amides is 1. The number of hydrogen-bond donors (Lipinski definition) is 1. The molecule has 0 aliphatic carbocycles. The van der Waals surface area contributed by atoms with Crippen molar-refractivity contribution < 1.29 is 9.72 Å². The van der Waals surface area contributed by atoms with E-state index < -0.39 is 10.8 Å². The molecule has 2 N–H and O–H groups in total. The molecule has 0 aromatic carbocycles. The van der Waals surface area contributed by atoms with Crippen LogP contribution in [0.2, 0.25) is 0 Å². The monoisotopic (exact) mass is 198 g/mol. The Morgan fingerprint density at radius 2 is 2.29 bits per heavy atom. The Balaban J connectivity index is 3.45. The summed E-state index contributed by atoms with van der Waals surface area (Å²) in [6.45, 7) is 1.74. The molecular formula is C7H10N4O3. The fourth-order valence-corrected chi connectivity index (χ4v) is 1.30. The van der Waals surface area contributed by atoms with E-state index in [2.05, 4.69) is 5.10 Å². The molecule has 0 bridgehead atoms. The molecule has 7 heteroatoms. The first-order valence-corrected chi connectivity index (χ1v) is 3.99. The maximum Gasteiger partial charge on any atom is 0.323 e. The Kier molecular flexibility index (Phi) is 2.50. The fourth-order valence-electron chi connectivity index (χ4n) is 1.30. The van der Waals surface area contributed by atoms with Crippen molar-refractivity contribution in [3.8, 4) is 0 Å². The van der Waals surface area contributed by atoms with Gasteiger partial charge in [-0.2, -0.15) is 5.10 Å². The highest BCUT2D eigenvalue weighted by molar-refractivity contribution is 5.95. The summed E-state index contributed by atoms with van der Waals surface area (Å²) in [6, 6.07) is 0. The van der Waals surface area contributed by atoms with Gasteiger partial charge in [0.25, 0.3) is 5.91 Å². The van der Waals surface area contributed by atoms with Gasteiger partial charge in [-0.25, -0.2) is 0 Å². The lowest BCUT2D eigenvalue weighted by molar-refractivity contribution is -0.385. The standard InChI is InChI=1S/C7H10N4O3/c1-3-4-6(11(13)14)5(7(8)12)9-10(4)2/h3H2,1-2H3,(H2,8,12). The number of nitrogens with zero attached hydrogens (tertiary/aromatic N) is 3. The van der Waals surface area contributed by atoms with Crippen molar-refractivity contribution in [3.05, 3.63) is 21.5 Å². The van der Waals surface area contributed by atoms with Gasteiger partial charge in [-0.3, -0.25) is 19.6 Å². The predicted molar refractivity (Wildman–Crippen MR) is 47.8 cm³/mol. The van der Waals surface area contributed by atoms with E-state index in [0.29, 0.717) is 12.1 Å². The van der Waals surface area contributed by atoms with E-state index in [1.54, 1.807) is 6.92 Å². The molecule has 1 rings (SSSR count). The minimum absolute atomic E-state index is 0.283. The largest absolute Gasteiger partial charge is 0.364 e. The number of hydrogen-bond acceptors (Lipinski definition) is 4. The van der Waals surface area contributed by atoms with E-state index in [1.165, 1.54) is 11.7 Å². The van der Waals surface area contributed by atoms with Crippen LogP contribution in [0.1, 0.15) is 23.1 Å². The van der Waals surface area contributed by atoms with Gasteiger partial charge in [-0.15, -0.1) is 0 Å². The van der Waals surface area contributed by atoms with Gasteiger partial charge < -0.3 is 5.73 Å². The predicted octanol–water partition coefficient (Wildman–Crippen LogP) is -0.0104. The van der Waals surface area contributed by atoms with Gasteiger partial charge in [0.05, 0.1) is 4.92 Å². The van der Waals surface area contributed by atoms with Crippen LogP contribution in [-0.2, 0) is 13.5 Å². The molecule has 0 radical (unpaired) electrons. The third-order valence-electron chi connectivity index (χ3n) is 1.89. The SMILES string of the molecule is CCc1c([N+](=O)[O-])c(C(N)=O)nn1C. The second-order valence-corrected chi connectivity index (χ2v) is 2.74. The number of carbonyl (C=O) groups is 1. The van der Waals surface area contributed by atoms with Crippen molar-refractivity contribution in [3.63, 3.8) is 0 Å².